The van der Waals surface area contributed by atoms with Crippen molar-refractivity contribution in [1.82, 2.24) is 5.32 Å². The highest BCUT2D eigenvalue weighted by Gasteiger charge is 2.31. The molecule has 0 aromatic heterocycles. The summed E-state index contributed by atoms with van der Waals surface area (Å²) in [6.45, 7) is 1.78. The van der Waals surface area contributed by atoms with E-state index in [9.17, 15) is 9.65 Å². The molecule has 0 amide bonds. The summed E-state index contributed by atoms with van der Waals surface area (Å²) in [5.41, 5.74) is 0.399. The van der Waals surface area contributed by atoms with Gasteiger partial charge in [-0.25, -0.2) is 4.39 Å². The lowest BCUT2D eigenvalue weighted by atomic mass is 9.92. The molecule has 0 aliphatic carbocycles. The van der Waals surface area contributed by atoms with Crippen molar-refractivity contribution in [2.45, 2.75) is 12.5 Å². The van der Waals surface area contributed by atoms with Crippen LogP contribution in [0.3, 0.4) is 0 Å². The Balaban J connectivity index is 2.21. The van der Waals surface area contributed by atoms with E-state index in [-0.39, 0.29) is 12.4 Å². The Kier molecular flexibility index (Phi) is 4.56. The lowest BCUT2D eigenvalue weighted by molar-refractivity contribution is 0.230. The molecule has 108 valence electrons. The number of nitrogens with one attached hydrogen (secondary N) is 1. The topological polar surface area (TPSA) is 45.0 Å². The fourth-order valence-corrected chi connectivity index (χ4v) is 2.03. The average molecular weight is 284 g/mol. The number of likely N-dealkylation sites (N-methyl/N-ethyl adjacent to an activating group) is 1. The van der Waals surface area contributed by atoms with Gasteiger partial charge in [0.25, 0.3) is 0 Å². The van der Waals surface area contributed by atoms with Crippen LogP contribution in [0.25, 0.3) is 0 Å². The number of rotatable bonds is 5. The molecule has 0 heterocycles. The fourth-order valence-electron chi connectivity index (χ4n) is 2.03. The third kappa shape index (κ3) is 3.21. The SMILES string of the molecule is CNC(C#N)(COc1ccc(C)c(F)c1)c1ccccc1. The van der Waals surface area contributed by atoms with Crippen molar-refractivity contribution in [1.29, 1.82) is 5.26 Å². The van der Waals surface area contributed by atoms with Gasteiger partial charge in [0.2, 0.25) is 0 Å². The molecule has 3 nitrogen and oxygen atoms in total. The molecule has 0 saturated heterocycles. The number of nitrogens with zero attached hydrogens (tertiary/aromatic N) is 1. The maximum Gasteiger partial charge on any atom is 0.166 e. The van der Waals surface area contributed by atoms with Crippen molar-refractivity contribution in [3.63, 3.8) is 0 Å². The Morgan fingerprint density at radius 2 is 1.95 bits per heavy atom. The van der Waals surface area contributed by atoms with Gasteiger partial charge in [-0.1, -0.05) is 36.4 Å². The summed E-state index contributed by atoms with van der Waals surface area (Å²) in [5.74, 6) is 0.0862. The standard InChI is InChI=1S/C17H17FN2O/c1-13-8-9-15(10-16(13)18)21-12-17(11-19,20-2)14-6-4-3-5-7-14/h3-10,20H,12H2,1-2H3. The van der Waals surface area contributed by atoms with Crippen molar-refractivity contribution in [2.24, 2.45) is 0 Å². The molecule has 0 saturated carbocycles. The quantitative estimate of drug-likeness (QED) is 0.917. The molecule has 2 aromatic carbocycles. The van der Waals surface area contributed by atoms with Gasteiger partial charge in [0.15, 0.2) is 5.54 Å². The van der Waals surface area contributed by atoms with Crippen LogP contribution in [0.4, 0.5) is 4.39 Å². The smallest absolute Gasteiger partial charge is 0.166 e. The Bertz CT molecular complexity index is 652. The van der Waals surface area contributed by atoms with E-state index in [4.69, 9.17) is 4.74 Å². The first-order valence-electron chi connectivity index (χ1n) is 6.66. The average Bonchev–Trinajstić information content (AvgIpc) is 2.53. The highest BCUT2D eigenvalue weighted by molar-refractivity contribution is 5.33. The first-order valence-corrected chi connectivity index (χ1v) is 6.66. The lowest BCUT2D eigenvalue weighted by Gasteiger charge is -2.26. The Morgan fingerprint density at radius 3 is 2.52 bits per heavy atom. The van der Waals surface area contributed by atoms with E-state index >= 15 is 0 Å². The summed E-state index contributed by atoms with van der Waals surface area (Å²) in [6, 6.07) is 16.3. The first-order chi connectivity index (χ1) is 10.1. The van der Waals surface area contributed by atoms with E-state index in [0.717, 1.165) is 5.56 Å². The number of halogens is 1. The van der Waals surface area contributed by atoms with Crippen LogP contribution >= 0.6 is 0 Å². The van der Waals surface area contributed by atoms with Crippen molar-refractivity contribution in [3.05, 3.63) is 65.5 Å². The Hall–Kier alpha value is -2.38. The summed E-state index contributed by atoms with van der Waals surface area (Å²) >= 11 is 0. The van der Waals surface area contributed by atoms with Crippen LogP contribution in [-0.2, 0) is 5.54 Å². The van der Waals surface area contributed by atoms with E-state index in [1.54, 1.807) is 26.1 Å². The monoisotopic (exact) mass is 284 g/mol. The number of hydrogen-bond donors (Lipinski definition) is 1. The summed E-state index contributed by atoms with van der Waals surface area (Å²) < 4.78 is 19.1. The minimum atomic E-state index is -0.970. The highest BCUT2D eigenvalue weighted by atomic mass is 19.1. The molecule has 1 unspecified atom stereocenters. The highest BCUT2D eigenvalue weighted by Crippen LogP contribution is 2.23. The van der Waals surface area contributed by atoms with Crippen molar-refractivity contribution < 1.29 is 9.13 Å². The molecular formula is C17H17FN2O. The van der Waals surface area contributed by atoms with Gasteiger partial charge < -0.3 is 4.74 Å². The van der Waals surface area contributed by atoms with Gasteiger partial charge in [-0.3, -0.25) is 5.32 Å². The van der Waals surface area contributed by atoms with Crippen molar-refractivity contribution in [3.8, 4) is 11.8 Å². The van der Waals surface area contributed by atoms with Crippen LogP contribution < -0.4 is 10.1 Å². The molecular weight excluding hydrogens is 267 g/mol. The van der Waals surface area contributed by atoms with E-state index in [1.807, 2.05) is 30.3 Å². The number of nitriles is 1. The second kappa shape index (κ2) is 6.38. The van der Waals surface area contributed by atoms with Crippen molar-refractivity contribution >= 4 is 0 Å². The zero-order valence-electron chi connectivity index (χ0n) is 12.1. The van der Waals surface area contributed by atoms with Gasteiger partial charge in [0.1, 0.15) is 18.2 Å². The summed E-state index contributed by atoms with van der Waals surface area (Å²) in [6.07, 6.45) is 0. The number of aryl methyl sites for hydroxylation is 1. The maximum atomic E-state index is 13.5. The third-order valence-electron chi connectivity index (χ3n) is 3.48. The molecule has 0 aliphatic heterocycles. The largest absolute Gasteiger partial charge is 0.490 e. The van der Waals surface area contributed by atoms with E-state index in [0.29, 0.717) is 11.3 Å². The van der Waals surface area contributed by atoms with Crippen LogP contribution in [0, 0.1) is 24.1 Å². The predicted molar refractivity (Wildman–Crippen MR) is 79.4 cm³/mol. The normalized spacial score (nSPS) is 13.2. The molecule has 0 fully saturated rings. The molecule has 0 spiro atoms. The zero-order valence-corrected chi connectivity index (χ0v) is 12.1. The Morgan fingerprint density at radius 1 is 1.24 bits per heavy atom. The molecule has 0 radical (unpaired) electrons. The molecule has 21 heavy (non-hydrogen) atoms. The number of hydrogen-bond acceptors (Lipinski definition) is 3. The molecule has 1 N–H and O–H groups in total. The zero-order chi connectivity index (χ0) is 15.3. The third-order valence-corrected chi connectivity index (χ3v) is 3.48. The van der Waals surface area contributed by atoms with Crippen LogP contribution in [0.15, 0.2) is 48.5 Å². The van der Waals surface area contributed by atoms with Crippen LogP contribution in [0.1, 0.15) is 11.1 Å². The van der Waals surface area contributed by atoms with Gasteiger partial charge in [-0.05, 0) is 31.2 Å². The summed E-state index contributed by atoms with van der Waals surface area (Å²) in [7, 11) is 1.70. The van der Waals surface area contributed by atoms with Crippen LogP contribution in [-0.4, -0.2) is 13.7 Å². The predicted octanol–water partition coefficient (Wildman–Crippen LogP) is 3.15. The van der Waals surface area contributed by atoms with Gasteiger partial charge in [-0.15, -0.1) is 0 Å². The molecule has 2 aromatic rings. The minimum Gasteiger partial charge on any atom is -0.490 e. The van der Waals surface area contributed by atoms with Gasteiger partial charge in [0, 0.05) is 6.07 Å². The van der Waals surface area contributed by atoms with Crippen LogP contribution in [0.5, 0.6) is 5.75 Å². The second-order valence-corrected chi connectivity index (χ2v) is 4.83. The molecule has 0 bridgehead atoms. The van der Waals surface area contributed by atoms with Crippen molar-refractivity contribution in [2.75, 3.05) is 13.7 Å². The van der Waals surface area contributed by atoms with E-state index < -0.39 is 5.54 Å². The molecule has 4 heteroatoms. The van der Waals surface area contributed by atoms with Gasteiger partial charge >= 0.3 is 0 Å². The minimum absolute atomic E-state index is 0.0898. The van der Waals surface area contributed by atoms with Crippen LogP contribution in [0.2, 0.25) is 0 Å². The van der Waals surface area contributed by atoms with Gasteiger partial charge in [0.05, 0.1) is 6.07 Å². The first kappa shape index (κ1) is 15.0. The number of benzene rings is 2. The fraction of sp³-hybridized carbons (Fsp3) is 0.235. The summed E-state index contributed by atoms with van der Waals surface area (Å²) in [5, 5.41) is 12.5. The molecule has 2 rings (SSSR count). The lowest BCUT2D eigenvalue weighted by Crippen LogP contribution is -2.44. The van der Waals surface area contributed by atoms with Gasteiger partial charge in [-0.2, -0.15) is 5.26 Å². The number of ether oxygens (including phenoxy) is 1. The molecule has 1 atom stereocenters. The van der Waals surface area contributed by atoms with E-state index in [2.05, 4.69) is 11.4 Å². The van der Waals surface area contributed by atoms with E-state index in [1.165, 1.54) is 6.07 Å². The molecule has 0 aliphatic rings. The summed E-state index contributed by atoms with van der Waals surface area (Å²) in [4.78, 5) is 0. The second-order valence-electron chi connectivity index (χ2n) is 4.83. The Labute approximate surface area is 124 Å². The maximum absolute atomic E-state index is 13.5.